The number of nitrogens with one attached hydrogen (secondary N) is 2. The van der Waals surface area contributed by atoms with Gasteiger partial charge >= 0.3 is 0 Å². The molecule has 1 unspecified atom stereocenters. The van der Waals surface area contributed by atoms with E-state index in [9.17, 15) is 9.59 Å². The molecule has 154 valence electrons. The molecule has 4 rings (SSSR count). The van der Waals surface area contributed by atoms with Crippen molar-refractivity contribution in [3.05, 3.63) is 64.0 Å². The second-order valence-electron chi connectivity index (χ2n) is 6.96. The molecule has 6 nitrogen and oxygen atoms in total. The van der Waals surface area contributed by atoms with Crippen LogP contribution in [0.1, 0.15) is 28.1 Å². The predicted octanol–water partition coefficient (Wildman–Crippen LogP) is 5.14. The van der Waals surface area contributed by atoms with Gasteiger partial charge in [-0.1, -0.05) is 29.8 Å². The van der Waals surface area contributed by atoms with Crippen molar-refractivity contribution in [2.24, 2.45) is 0 Å². The summed E-state index contributed by atoms with van der Waals surface area (Å²) < 4.78 is 5.39. The summed E-state index contributed by atoms with van der Waals surface area (Å²) in [5.74, 6) is -0.479. The summed E-state index contributed by atoms with van der Waals surface area (Å²) in [6.45, 7) is 2.56. The number of halogens is 1. The lowest BCUT2D eigenvalue weighted by molar-refractivity contribution is -0.124. The summed E-state index contributed by atoms with van der Waals surface area (Å²) >= 11 is 7.36. The minimum Gasteiger partial charge on any atom is -0.368 e. The molecule has 2 heterocycles. The van der Waals surface area contributed by atoms with Gasteiger partial charge in [0, 0.05) is 33.3 Å². The SMILES string of the molecule is Cc1sc(NC(=O)c2cccc(NC(=O)C3CCCO3)c2)nc1-c1ccc(Cl)cc1. The molecule has 1 aliphatic heterocycles. The van der Waals surface area contributed by atoms with Crippen molar-refractivity contribution in [2.75, 3.05) is 17.2 Å². The highest BCUT2D eigenvalue weighted by molar-refractivity contribution is 7.16. The first-order chi connectivity index (χ1) is 14.5. The normalized spacial score (nSPS) is 15.7. The van der Waals surface area contributed by atoms with Gasteiger partial charge in [-0.25, -0.2) is 4.98 Å². The predicted molar refractivity (Wildman–Crippen MR) is 119 cm³/mol. The third-order valence-electron chi connectivity index (χ3n) is 4.75. The summed E-state index contributed by atoms with van der Waals surface area (Å²) in [6, 6.07) is 14.2. The van der Waals surface area contributed by atoms with Gasteiger partial charge in [0.25, 0.3) is 11.8 Å². The van der Waals surface area contributed by atoms with E-state index < -0.39 is 6.10 Å². The van der Waals surface area contributed by atoms with Crippen LogP contribution in [0.3, 0.4) is 0 Å². The first-order valence-corrected chi connectivity index (χ1v) is 10.8. The van der Waals surface area contributed by atoms with Crippen LogP contribution in [-0.4, -0.2) is 29.5 Å². The molecule has 1 fully saturated rings. The van der Waals surface area contributed by atoms with Crippen molar-refractivity contribution in [3.8, 4) is 11.3 Å². The maximum Gasteiger partial charge on any atom is 0.257 e. The van der Waals surface area contributed by atoms with Crippen LogP contribution in [0, 0.1) is 6.92 Å². The molecule has 2 amide bonds. The van der Waals surface area contributed by atoms with Gasteiger partial charge in [0.2, 0.25) is 0 Å². The zero-order chi connectivity index (χ0) is 21.1. The van der Waals surface area contributed by atoms with Crippen molar-refractivity contribution in [3.63, 3.8) is 0 Å². The number of thiazole rings is 1. The minimum atomic E-state index is -0.424. The average molecular weight is 442 g/mol. The fourth-order valence-electron chi connectivity index (χ4n) is 3.24. The Labute approximate surface area is 183 Å². The second-order valence-corrected chi connectivity index (χ2v) is 8.60. The van der Waals surface area contributed by atoms with Crippen molar-refractivity contribution < 1.29 is 14.3 Å². The van der Waals surface area contributed by atoms with E-state index in [0.717, 1.165) is 22.6 Å². The van der Waals surface area contributed by atoms with Crippen LogP contribution < -0.4 is 10.6 Å². The van der Waals surface area contributed by atoms with E-state index in [-0.39, 0.29) is 11.8 Å². The Kier molecular flexibility index (Phi) is 6.13. The first-order valence-electron chi connectivity index (χ1n) is 9.57. The van der Waals surface area contributed by atoms with Gasteiger partial charge in [-0.15, -0.1) is 11.3 Å². The fourth-order valence-corrected chi connectivity index (χ4v) is 4.20. The van der Waals surface area contributed by atoms with Crippen LogP contribution >= 0.6 is 22.9 Å². The van der Waals surface area contributed by atoms with Crippen molar-refractivity contribution in [2.45, 2.75) is 25.9 Å². The minimum absolute atomic E-state index is 0.187. The van der Waals surface area contributed by atoms with Gasteiger partial charge in [0.05, 0.1) is 5.69 Å². The van der Waals surface area contributed by atoms with E-state index in [1.807, 2.05) is 31.2 Å². The number of ether oxygens (including phenoxy) is 1. The number of anilines is 2. The molecule has 1 aromatic heterocycles. The van der Waals surface area contributed by atoms with Gasteiger partial charge < -0.3 is 10.1 Å². The summed E-state index contributed by atoms with van der Waals surface area (Å²) in [7, 11) is 0. The molecule has 2 aromatic carbocycles. The number of hydrogen-bond donors (Lipinski definition) is 2. The molecule has 8 heteroatoms. The summed E-state index contributed by atoms with van der Waals surface area (Å²) in [4.78, 5) is 30.5. The van der Waals surface area contributed by atoms with E-state index in [1.165, 1.54) is 11.3 Å². The summed E-state index contributed by atoms with van der Waals surface area (Å²) in [5, 5.41) is 6.83. The number of rotatable bonds is 5. The Balaban J connectivity index is 1.46. The zero-order valence-electron chi connectivity index (χ0n) is 16.3. The topological polar surface area (TPSA) is 80.3 Å². The van der Waals surface area contributed by atoms with E-state index in [2.05, 4.69) is 15.6 Å². The molecule has 30 heavy (non-hydrogen) atoms. The standard InChI is InChI=1S/C22H20ClN3O3S/c1-13-19(14-7-9-16(23)10-8-14)25-22(30-13)26-20(27)15-4-2-5-17(12-15)24-21(28)18-6-3-11-29-18/h2,4-5,7-10,12,18H,3,6,11H2,1H3,(H,24,28)(H,25,26,27). The van der Waals surface area contributed by atoms with Crippen LogP contribution in [0.2, 0.25) is 5.02 Å². The molecular formula is C22H20ClN3O3S. The maximum atomic E-state index is 12.7. The lowest BCUT2D eigenvalue weighted by Gasteiger charge is -2.11. The number of aryl methyl sites for hydroxylation is 1. The molecular weight excluding hydrogens is 422 g/mol. The number of aromatic nitrogens is 1. The maximum absolute atomic E-state index is 12.7. The lowest BCUT2D eigenvalue weighted by Crippen LogP contribution is -2.27. The van der Waals surface area contributed by atoms with Gasteiger partial charge in [-0.3, -0.25) is 14.9 Å². The Morgan fingerprint density at radius 3 is 2.70 bits per heavy atom. The van der Waals surface area contributed by atoms with Crippen LogP contribution in [-0.2, 0) is 9.53 Å². The van der Waals surface area contributed by atoms with E-state index in [0.29, 0.717) is 34.4 Å². The molecule has 3 aromatic rings. The third-order valence-corrected chi connectivity index (χ3v) is 5.89. The Morgan fingerprint density at radius 2 is 1.97 bits per heavy atom. The number of hydrogen-bond acceptors (Lipinski definition) is 5. The molecule has 0 spiro atoms. The molecule has 0 radical (unpaired) electrons. The molecule has 1 saturated heterocycles. The molecule has 0 aliphatic carbocycles. The molecule has 0 saturated carbocycles. The third kappa shape index (κ3) is 4.70. The van der Waals surface area contributed by atoms with Gasteiger partial charge in [0.1, 0.15) is 6.10 Å². The van der Waals surface area contributed by atoms with Gasteiger partial charge in [0.15, 0.2) is 5.13 Å². The van der Waals surface area contributed by atoms with Crippen LogP contribution in [0.4, 0.5) is 10.8 Å². The Bertz CT molecular complexity index is 1080. The van der Waals surface area contributed by atoms with Crippen molar-refractivity contribution in [1.29, 1.82) is 0 Å². The Morgan fingerprint density at radius 1 is 1.17 bits per heavy atom. The number of carbonyl (C=O) groups is 2. The average Bonchev–Trinajstić information content (AvgIpc) is 3.39. The number of benzene rings is 2. The number of carbonyl (C=O) groups excluding carboxylic acids is 2. The second kappa shape index (κ2) is 8.95. The summed E-state index contributed by atoms with van der Waals surface area (Å²) in [5.41, 5.74) is 2.73. The molecule has 1 atom stereocenters. The number of amides is 2. The quantitative estimate of drug-likeness (QED) is 0.574. The highest BCUT2D eigenvalue weighted by Crippen LogP contribution is 2.31. The monoisotopic (exact) mass is 441 g/mol. The first kappa shape index (κ1) is 20.5. The van der Waals surface area contributed by atoms with Gasteiger partial charge in [-0.05, 0) is 50.1 Å². The van der Waals surface area contributed by atoms with Crippen LogP contribution in [0.5, 0.6) is 0 Å². The van der Waals surface area contributed by atoms with Crippen molar-refractivity contribution >= 4 is 45.6 Å². The molecule has 0 bridgehead atoms. The van der Waals surface area contributed by atoms with Crippen molar-refractivity contribution in [1.82, 2.24) is 4.98 Å². The fraction of sp³-hybridized carbons (Fsp3) is 0.227. The highest BCUT2D eigenvalue weighted by atomic mass is 35.5. The molecule has 2 N–H and O–H groups in total. The van der Waals surface area contributed by atoms with E-state index in [4.69, 9.17) is 16.3 Å². The van der Waals surface area contributed by atoms with Crippen LogP contribution in [0.25, 0.3) is 11.3 Å². The zero-order valence-corrected chi connectivity index (χ0v) is 17.8. The lowest BCUT2D eigenvalue weighted by atomic mass is 10.1. The summed E-state index contributed by atoms with van der Waals surface area (Å²) in [6.07, 6.45) is 1.17. The highest BCUT2D eigenvalue weighted by Gasteiger charge is 2.23. The largest absolute Gasteiger partial charge is 0.368 e. The smallest absolute Gasteiger partial charge is 0.257 e. The Hall–Kier alpha value is -2.74. The van der Waals surface area contributed by atoms with Crippen LogP contribution in [0.15, 0.2) is 48.5 Å². The van der Waals surface area contributed by atoms with E-state index >= 15 is 0 Å². The molecule has 1 aliphatic rings. The van der Waals surface area contributed by atoms with E-state index in [1.54, 1.807) is 24.3 Å². The number of nitrogens with zero attached hydrogens (tertiary/aromatic N) is 1. The van der Waals surface area contributed by atoms with Gasteiger partial charge in [-0.2, -0.15) is 0 Å².